The minimum Gasteiger partial charge on any atom is -0.297 e. The quantitative estimate of drug-likeness (QED) is 0.592. The molecule has 2 heterocycles. The average molecular weight is 305 g/mol. The second-order valence-corrected chi connectivity index (χ2v) is 5.84. The van der Waals surface area contributed by atoms with Crippen molar-refractivity contribution >= 4 is 49.6 Å². The number of thiazole rings is 1. The molecule has 1 amide bonds. The molecule has 6 nitrogen and oxygen atoms in total. The van der Waals surface area contributed by atoms with E-state index in [4.69, 9.17) is 0 Å². The maximum atomic E-state index is 11.9. The molecule has 2 aromatic heterocycles. The van der Waals surface area contributed by atoms with E-state index in [-0.39, 0.29) is 11.6 Å². The maximum Gasteiger partial charge on any atom is 0.271 e. The van der Waals surface area contributed by atoms with E-state index in [0.29, 0.717) is 15.5 Å². The normalized spacial score (nSPS) is 10.6. The number of nitrogens with one attached hydrogen (secondary N) is 1. The minimum absolute atomic E-state index is 0.0149. The van der Waals surface area contributed by atoms with Crippen LogP contribution in [0.1, 0.15) is 9.67 Å². The van der Waals surface area contributed by atoms with Crippen LogP contribution < -0.4 is 5.32 Å². The summed E-state index contributed by atoms with van der Waals surface area (Å²) in [4.78, 5) is 26.9. The van der Waals surface area contributed by atoms with Crippen LogP contribution in [0.3, 0.4) is 0 Å². The van der Waals surface area contributed by atoms with Crippen LogP contribution in [0.25, 0.3) is 10.2 Å². The standard InChI is InChI=1S/C12H7N3O3S2/c16-11(10-2-1-5-19-10)14-12-13-8-6-7(15(17)18)3-4-9(8)20-12/h1-6H,(H,13,14,16). The molecule has 1 N–H and O–H groups in total. The van der Waals surface area contributed by atoms with Crippen LogP contribution in [0.5, 0.6) is 0 Å². The molecule has 0 aliphatic rings. The Morgan fingerprint density at radius 1 is 1.35 bits per heavy atom. The third kappa shape index (κ3) is 2.38. The van der Waals surface area contributed by atoms with E-state index < -0.39 is 4.92 Å². The van der Waals surface area contributed by atoms with Crippen molar-refractivity contribution in [3.63, 3.8) is 0 Å². The van der Waals surface area contributed by atoms with E-state index in [9.17, 15) is 14.9 Å². The number of benzene rings is 1. The summed E-state index contributed by atoms with van der Waals surface area (Å²) >= 11 is 2.62. The number of fused-ring (bicyclic) bond motifs is 1. The van der Waals surface area contributed by atoms with Crippen LogP contribution in [-0.4, -0.2) is 15.8 Å². The largest absolute Gasteiger partial charge is 0.297 e. The predicted molar refractivity (Wildman–Crippen MR) is 78.5 cm³/mol. The lowest BCUT2D eigenvalue weighted by Gasteiger charge is -1.96. The summed E-state index contributed by atoms with van der Waals surface area (Å²) < 4.78 is 0.789. The van der Waals surface area contributed by atoms with Crippen molar-refractivity contribution in [2.24, 2.45) is 0 Å². The van der Waals surface area contributed by atoms with Crippen molar-refractivity contribution in [3.05, 3.63) is 50.7 Å². The van der Waals surface area contributed by atoms with Crippen molar-refractivity contribution in [1.82, 2.24) is 4.98 Å². The van der Waals surface area contributed by atoms with Crippen LogP contribution >= 0.6 is 22.7 Å². The van der Waals surface area contributed by atoms with Gasteiger partial charge in [0.1, 0.15) is 0 Å². The number of non-ortho nitro benzene ring substituents is 1. The Bertz CT molecular complexity index is 796. The first kappa shape index (κ1) is 12.7. The maximum absolute atomic E-state index is 11.9. The molecule has 0 spiro atoms. The lowest BCUT2D eigenvalue weighted by Crippen LogP contribution is -2.09. The summed E-state index contributed by atoms with van der Waals surface area (Å²) in [7, 11) is 0. The molecule has 20 heavy (non-hydrogen) atoms. The van der Waals surface area contributed by atoms with Gasteiger partial charge in [-0.15, -0.1) is 11.3 Å². The van der Waals surface area contributed by atoms with E-state index in [1.54, 1.807) is 18.2 Å². The van der Waals surface area contributed by atoms with Crippen LogP contribution in [-0.2, 0) is 0 Å². The van der Waals surface area contributed by atoms with Gasteiger partial charge in [-0.3, -0.25) is 20.2 Å². The molecular formula is C12H7N3O3S2. The summed E-state index contributed by atoms with van der Waals surface area (Å²) in [6.07, 6.45) is 0. The van der Waals surface area contributed by atoms with E-state index in [1.165, 1.54) is 34.8 Å². The lowest BCUT2D eigenvalue weighted by atomic mass is 10.3. The fourth-order valence-corrected chi connectivity index (χ4v) is 3.11. The Morgan fingerprint density at radius 3 is 2.90 bits per heavy atom. The van der Waals surface area contributed by atoms with Crippen LogP contribution in [0.15, 0.2) is 35.7 Å². The first-order valence-corrected chi connectivity index (χ1v) is 7.23. The van der Waals surface area contributed by atoms with Gasteiger partial charge in [-0.1, -0.05) is 17.4 Å². The fraction of sp³-hybridized carbons (Fsp3) is 0. The second-order valence-electron chi connectivity index (χ2n) is 3.86. The average Bonchev–Trinajstić information content (AvgIpc) is 3.06. The van der Waals surface area contributed by atoms with Gasteiger partial charge in [-0.2, -0.15) is 0 Å². The van der Waals surface area contributed by atoms with Crippen molar-refractivity contribution in [2.45, 2.75) is 0 Å². The van der Waals surface area contributed by atoms with Gasteiger partial charge in [0.15, 0.2) is 5.13 Å². The zero-order valence-corrected chi connectivity index (χ0v) is 11.5. The highest BCUT2D eigenvalue weighted by Gasteiger charge is 2.13. The number of thiophene rings is 1. The molecule has 1 aromatic carbocycles. The number of amides is 1. The number of aromatic nitrogens is 1. The number of nitro benzene ring substituents is 1. The third-order valence-electron chi connectivity index (χ3n) is 2.55. The van der Waals surface area contributed by atoms with Gasteiger partial charge in [0.25, 0.3) is 11.6 Å². The number of nitro groups is 1. The summed E-state index contributed by atoms with van der Waals surface area (Å²) in [5.41, 5.74) is 0.490. The molecule has 0 fully saturated rings. The molecule has 0 unspecified atom stereocenters. The molecule has 0 saturated heterocycles. The number of hydrogen-bond donors (Lipinski definition) is 1. The Hall–Kier alpha value is -2.32. The van der Waals surface area contributed by atoms with Gasteiger partial charge in [-0.05, 0) is 17.5 Å². The highest BCUT2D eigenvalue weighted by atomic mass is 32.1. The summed E-state index contributed by atoms with van der Waals surface area (Å²) in [5.74, 6) is -0.228. The zero-order valence-electron chi connectivity index (χ0n) is 9.90. The molecule has 0 aliphatic heterocycles. The Labute approximate surface area is 120 Å². The van der Waals surface area contributed by atoms with Gasteiger partial charge in [-0.25, -0.2) is 4.98 Å². The second kappa shape index (κ2) is 4.99. The van der Waals surface area contributed by atoms with Crippen LogP contribution in [0.2, 0.25) is 0 Å². The van der Waals surface area contributed by atoms with Gasteiger partial charge < -0.3 is 0 Å². The number of carbonyl (C=O) groups is 1. The molecular weight excluding hydrogens is 298 g/mol. The number of nitrogens with zero attached hydrogens (tertiary/aromatic N) is 2. The first-order valence-electron chi connectivity index (χ1n) is 5.53. The number of rotatable bonds is 3. The smallest absolute Gasteiger partial charge is 0.271 e. The van der Waals surface area contributed by atoms with Gasteiger partial charge in [0.05, 0.1) is 20.0 Å². The molecule has 0 saturated carbocycles. The Kier molecular flexibility index (Phi) is 3.17. The molecule has 3 rings (SSSR count). The third-order valence-corrected chi connectivity index (χ3v) is 4.37. The summed E-state index contributed by atoms with van der Waals surface area (Å²) in [5, 5.41) is 15.6. The van der Waals surface area contributed by atoms with Gasteiger partial charge in [0, 0.05) is 12.1 Å². The predicted octanol–water partition coefficient (Wildman–Crippen LogP) is 3.52. The highest BCUT2D eigenvalue weighted by molar-refractivity contribution is 7.22. The first-order chi connectivity index (χ1) is 9.63. The zero-order chi connectivity index (χ0) is 14.1. The summed E-state index contributed by atoms with van der Waals surface area (Å²) in [6, 6.07) is 7.96. The topological polar surface area (TPSA) is 85.1 Å². The van der Waals surface area contributed by atoms with Crippen molar-refractivity contribution < 1.29 is 9.72 Å². The number of anilines is 1. The molecule has 0 radical (unpaired) electrons. The van der Waals surface area contributed by atoms with E-state index in [2.05, 4.69) is 10.3 Å². The van der Waals surface area contributed by atoms with Crippen LogP contribution in [0, 0.1) is 10.1 Å². The fourth-order valence-electron chi connectivity index (χ4n) is 1.65. The van der Waals surface area contributed by atoms with Crippen molar-refractivity contribution in [1.29, 1.82) is 0 Å². The Morgan fingerprint density at radius 2 is 2.20 bits per heavy atom. The minimum atomic E-state index is -0.470. The SMILES string of the molecule is O=C(Nc1nc2cc([N+](=O)[O-])ccc2s1)c1cccs1. The monoisotopic (exact) mass is 305 g/mol. The van der Waals surface area contributed by atoms with E-state index in [1.807, 2.05) is 5.38 Å². The van der Waals surface area contributed by atoms with Crippen molar-refractivity contribution in [2.75, 3.05) is 5.32 Å². The number of carbonyl (C=O) groups excluding carboxylic acids is 1. The summed E-state index contributed by atoms with van der Waals surface area (Å²) in [6.45, 7) is 0. The van der Waals surface area contributed by atoms with Gasteiger partial charge >= 0.3 is 0 Å². The molecule has 3 aromatic rings. The lowest BCUT2D eigenvalue weighted by molar-refractivity contribution is -0.384. The highest BCUT2D eigenvalue weighted by Crippen LogP contribution is 2.29. The number of hydrogen-bond acceptors (Lipinski definition) is 6. The Balaban J connectivity index is 1.89. The molecule has 0 aliphatic carbocycles. The van der Waals surface area contributed by atoms with Crippen LogP contribution in [0.4, 0.5) is 10.8 Å². The molecule has 8 heteroatoms. The van der Waals surface area contributed by atoms with E-state index in [0.717, 1.165) is 4.70 Å². The van der Waals surface area contributed by atoms with E-state index >= 15 is 0 Å². The molecule has 0 atom stereocenters. The molecule has 100 valence electrons. The molecule has 0 bridgehead atoms. The van der Waals surface area contributed by atoms with Gasteiger partial charge in [0.2, 0.25) is 0 Å². The van der Waals surface area contributed by atoms with Crippen molar-refractivity contribution in [3.8, 4) is 0 Å².